The number of carboxylic acid groups (broad SMARTS) is 1. The van der Waals surface area contributed by atoms with Gasteiger partial charge in [-0.3, -0.25) is 0 Å². The van der Waals surface area contributed by atoms with Gasteiger partial charge in [-0.15, -0.1) is 0 Å². The van der Waals surface area contributed by atoms with E-state index in [2.05, 4.69) is 0 Å². The predicted molar refractivity (Wildman–Crippen MR) is 238 cm³/mol. The number of allylic oxidation sites excluding steroid dienone is 6. The third kappa shape index (κ3) is 8.92. The van der Waals surface area contributed by atoms with Crippen LogP contribution in [0.2, 0.25) is 0 Å². The predicted octanol–water partition coefficient (Wildman–Crippen LogP) is 5.67. The summed E-state index contributed by atoms with van der Waals surface area (Å²) in [6.45, 7) is 7.13. The summed E-state index contributed by atoms with van der Waals surface area (Å²) in [7, 11) is -18.2. The van der Waals surface area contributed by atoms with Gasteiger partial charge in [0.2, 0.25) is 5.69 Å². The lowest BCUT2D eigenvalue weighted by atomic mass is 9.74. The minimum absolute atomic E-state index is 0.00705. The number of carboxylic acids is 1. The van der Waals surface area contributed by atoms with E-state index in [0.717, 1.165) is 34.0 Å². The molecule has 1 N–H and O–H groups in total. The Bertz CT molecular complexity index is 3470. The number of hydrogen-bond acceptors (Lipinski definition) is 14. The standard InChI is InChI=1S/C45H44N2O14S4/c1-27-22-30(63(53,54)55)23-34-32(27)16-18-36-42(34)45(4,26-28-12-14-29(15-13-28)43(48)49)40(46(36)5)11-8-6-7-10-39-44(2,3)41-35-24-31(64(56,57)58)25-38(65(59,60)61)33(35)17-19-37(41)47(39)20-9-21-62(50,51)52/h6-8,10-19,22-25H,9,20-21,26H2,1-5H3,(H4-,48,49,50,51,52,53,54,55,56,57,58,59,60,61)/p-3. The number of rotatable bonds is 13. The molecule has 2 aliphatic rings. The average Bonchev–Trinajstić information content (AvgIpc) is 3.54. The number of carbonyl (C=O) groups is 1. The van der Waals surface area contributed by atoms with E-state index in [9.17, 15) is 61.8 Å². The van der Waals surface area contributed by atoms with Crippen LogP contribution in [0.25, 0.3) is 21.5 Å². The van der Waals surface area contributed by atoms with E-state index < -0.39 is 72.8 Å². The second kappa shape index (κ2) is 16.4. The molecular formula is C45H41N2O14S4-3. The first-order valence-electron chi connectivity index (χ1n) is 19.8. The minimum atomic E-state index is -5.29. The molecule has 0 aliphatic carbocycles. The van der Waals surface area contributed by atoms with Gasteiger partial charge in [-0.1, -0.05) is 36.4 Å². The number of benzene rings is 5. The van der Waals surface area contributed by atoms with Crippen LogP contribution in [0.15, 0.2) is 124 Å². The molecule has 20 heteroatoms. The van der Waals surface area contributed by atoms with Crippen LogP contribution < -0.4 is 4.90 Å². The molecule has 0 fully saturated rings. The molecule has 0 bridgehead atoms. The fourth-order valence-electron chi connectivity index (χ4n) is 9.34. The highest BCUT2D eigenvalue weighted by atomic mass is 32.2. The number of fused-ring (bicyclic) bond motifs is 6. The molecule has 7 rings (SSSR count). The Labute approximate surface area is 376 Å². The van der Waals surface area contributed by atoms with Crippen molar-refractivity contribution in [3.8, 4) is 0 Å². The van der Waals surface area contributed by atoms with Crippen molar-refractivity contribution in [3.05, 3.63) is 137 Å². The summed E-state index contributed by atoms with van der Waals surface area (Å²) in [5, 5.41) is 10.7. The minimum Gasteiger partial charge on any atom is -0.748 e. The molecule has 1 unspecified atom stereocenters. The molecule has 5 aromatic rings. The molecule has 65 heavy (non-hydrogen) atoms. The van der Waals surface area contributed by atoms with Gasteiger partial charge in [-0.25, -0.2) is 38.5 Å². The molecule has 0 aromatic heterocycles. The fourth-order valence-corrected chi connectivity index (χ4v) is 11.7. The van der Waals surface area contributed by atoms with E-state index in [1.807, 2.05) is 37.1 Å². The number of anilines is 1. The first-order valence-corrected chi connectivity index (χ1v) is 25.6. The van der Waals surface area contributed by atoms with Crippen molar-refractivity contribution < 1.29 is 66.4 Å². The SMILES string of the molecule is Cc1cc(S(=O)(=O)[O-])cc2c3c(ccc12)N(C)C(=CC=CC=CC1=[N+](CCCS(=O)(=O)[O-])c2ccc4c(S(=O)(=O)[O-])cc(S(=O)(=O)[O-])cc4c2C1(C)C)C3(C)Cc1ccc(C(=O)O)cc1. The van der Waals surface area contributed by atoms with Gasteiger partial charge in [0.1, 0.15) is 36.9 Å². The summed E-state index contributed by atoms with van der Waals surface area (Å²) >= 11 is 0. The van der Waals surface area contributed by atoms with Gasteiger partial charge < -0.3 is 28.2 Å². The van der Waals surface area contributed by atoms with Gasteiger partial charge in [-0.2, -0.15) is 4.58 Å². The van der Waals surface area contributed by atoms with Gasteiger partial charge in [0.25, 0.3) is 0 Å². The van der Waals surface area contributed by atoms with Gasteiger partial charge in [0.15, 0.2) is 5.71 Å². The maximum atomic E-state index is 12.4. The van der Waals surface area contributed by atoms with Crippen LogP contribution in [-0.2, 0) is 57.7 Å². The Morgan fingerprint density at radius 1 is 0.723 bits per heavy atom. The topological polar surface area (TPSA) is 272 Å². The fraction of sp³-hybridized carbons (Fsp3) is 0.244. The van der Waals surface area contributed by atoms with E-state index in [-0.39, 0.29) is 34.2 Å². The molecule has 2 aliphatic heterocycles. The number of hydrogen-bond donors (Lipinski definition) is 1. The van der Waals surface area contributed by atoms with Crippen molar-refractivity contribution in [2.75, 3.05) is 24.2 Å². The Morgan fingerprint density at radius 2 is 1.32 bits per heavy atom. The van der Waals surface area contributed by atoms with Crippen LogP contribution in [0.3, 0.4) is 0 Å². The molecule has 5 aromatic carbocycles. The third-order valence-corrected chi connectivity index (χ3v) is 15.4. The molecule has 16 nitrogen and oxygen atoms in total. The van der Waals surface area contributed by atoms with E-state index in [0.29, 0.717) is 40.4 Å². The van der Waals surface area contributed by atoms with E-state index in [1.54, 1.807) is 61.8 Å². The van der Waals surface area contributed by atoms with Crippen LogP contribution in [0.4, 0.5) is 11.4 Å². The second-order valence-corrected chi connectivity index (χ2v) is 22.4. The number of likely N-dealkylation sites (N-methyl/N-ethyl adjacent to an activating group) is 1. The smallest absolute Gasteiger partial charge is 0.335 e. The molecule has 0 radical (unpaired) electrons. The summed E-state index contributed by atoms with van der Waals surface area (Å²) < 4.78 is 147. The number of aryl methyl sites for hydroxylation is 1. The lowest BCUT2D eigenvalue weighted by Crippen LogP contribution is -2.29. The van der Waals surface area contributed by atoms with Crippen molar-refractivity contribution in [1.82, 2.24) is 0 Å². The lowest BCUT2D eigenvalue weighted by molar-refractivity contribution is -0.437. The molecule has 0 spiro atoms. The zero-order valence-electron chi connectivity index (χ0n) is 35.4. The highest BCUT2D eigenvalue weighted by molar-refractivity contribution is 7.87. The Morgan fingerprint density at radius 3 is 1.91 bits per heavy atom. The number of aromatic carboxylic acids is 1. The van der Waals surface area contributed by atoms with Gasteiger partial charge in [-0.05, 0) is 122 Å². The zero-order chi connectivity index (χ0) is 47.8. The highest BCUT2D eigenvalue weighted by Crippen LogP contribution is 2.53. The van der Waals surface area contributed by atoms with Gasteiger partial charge >= 0.3 is 5.97 Å². The van der Waals surface area contributed by atoms with Crippen molar-refractivity contribution in [3.63, 3.8) is 0 Å². The molecule has 0 amide bonds. The van der Waals surface area contributed by atoms with E-state index >= 15 is 0 Å². The van der Waals surface area contributed by atoms with Crippen LogP contribution in [0.5, 0.6) is 0 Å². The first kappa shape index (κ1) is 47.4. The Hall–Kier alpha value is -5.58. The van der Waals surface area contributed by atoms with Crippen molar-refractivity contribution >= 4 is 85.1 Å². The van der Waals surface area contributed by atoms with Crippen LogP contribution in [-0.4, -0.2) is 92.6 Å². The molecular weight excluding hydrogens is 921 g/mol. The summed E-state index contributed by atoms with van der Waals surface area (Å²) in [5.41, 5.74) is 2.91. The van der Waals surface area contributed by atoms with Crippen LogP contribution in [0.1, 0.15) is 59.8 Å². The van der Waals surface area contributed by atoms with E-state index in [1.165, 1.54) is 36.4 Å². The van der Waals surface area contributed by atoms with Crippen molar-refractivity contribution in [2.24, 2.45) is 0 Å². The maximum Gasteiger partial charge on any atom is 0.335 e. The maximum absolute atomic E-state index is 12.4. The molecule has 2 heterocycles. The van der Waals surface area contributed by atoms with Gasteiger partial charge in [0.05, 0.1) is 35.8 Å². The Balaban J connectivity index is 1.35. The van der Waals surface area contributed by atoms with Gasteiger partial charge in [0, 0.05) is 59.1 Å². The molecule has 342 valence electrons. The molecule has 0 saturated carbocycles. The molecule has 1 atom stereocenters. The van der Waals surface area contributed by atoms with E-state index in [4.69, 9.17) is 0 Å². The summed E-state index contributed by atoms with van der Waals surface area (Å²) in [6, 6.07) is 17.2. The van der Waals surface area contributed by atoms with Crippen molar-refractivity contribution in [2.45, 2.75) is 66.1 Å². The summed E-state index contributed by atoms with van der Waals surface area (Å²) in [6.07, 6.45) is 8.86. The quantitative estimate of drug-likeness (QED) is 0.0846. The summed E-state index contributed by atoms with van der Waals surface area (Å²) in [5.74, 6) is -1.81. The van der Waals surface area contributed by atoms with Crippen LogP contribution >= 0.6 is 0 Å². The third-order valence-electron chi connectivity index (χ3n) is 12.1. The molecule has 0 saturated heterocycles. The first-order chi connectivity index (χ1) is 30.0. The zero-order valence-corrected chi connectivity index (χ0v) is 38.7. The van der Waals surface area contributed by atoms with Crippen molar-refractivity contribution in [1.29, 1.82) is 0 Å². The van der Waals surface area contributed by atoms with Crippen LogP contribution in [0, 0.1) is 6.92 Å². The lowest BCUT2D eigenvalue weighted by Gasteiger charge is -2.30. The Kier molecular flexibility index (Phi) is 11.9. The number of nitrogens with zero attached hydrogens (tertiary/aromatic N) is 2. The average molecular weight is 962 g/mol. The summed E-state index contributed by atoms with van der Waals surface area (Å²) in [4.78, 5) is 11.4. The monoisotopic (exact) mass is 961 g/mol. The second-order valence-electron chi connectivity index (χ2n) is 16.8. The highest BCUT2D eigenvalue weighted by Gasteiger charge is 2.46. The normalized spacial score (nSPS) is 18.5. The largest absolute Gasteiger partial charge is 0.748 e.